The fraction of sp³-hybridized carbons (Fsp3) is 0.667. The third-order valence-electron chi connectivity index (χ3n) is 0.565. The fourth-order valence-electron chi connectivity index (χ4n) is 0.276. The molecule has 1 unspecified atom stereocenters. The molecule has 0 aromatic heterocycles. The van der Waals surface area contributed by atoms with Gasteiger partial charge < -0.3 is 4.52 Å². The Morgan fingerprint density at radius 2 is 1.92 bits per heavy atom. The molecule has 0 aliphatic rings. The van der Waals surface area contributed by atoms with Gasteiger partial charge in [-0.3, -0.25) is 0 Å². The SMILES string of the molecule is C=C(C)COPCC.[I][V]([I])[I]. The Balaban J connectivity index is 0. The average Bonchev–Trinajstić information content (AvgIpc) is 1.86. The van der Waals surface area contributed by atoms with Crippen LogP contribution in [-0.2, 0) is 9.44 Å². The normalized spacial score (nSPS) is 10.2. The zero-order valence-electron chi connectivity index (χ0n) is 7.11. The molecule has 0 saturated heterocycles. The van der Waals surface area contributed by atoms with Gasteiger partial charge in [0.15, 0.2) is 0 Å². The molecule has 0 aliphatic heterocycles. The van der Waals surface area contributed by atoms with Gasteiger partial charge in [-0.15, -0.1) is 0 Å². The molecule has 0 radical (unpaired) electrons. The van der Waals surface area contributed by atoms with Crippen LogP contribution >= 0.6 is 68.7 Å². The summed E-state index contributed by atoms with van der Waals surface area (Å²) in [5.41, 5.74) is 1.10. The summed E-state index contributed by atoms with van der Waals surface area (Å²) in [5, 5.41) is 0. The molecule has 6 heteroatoms. The number of rotatable bonds is 4. The molecule has 0 bridgehead atoms. The first kappa shape index (κ1) is 17.3. The summed E-state index contributed by atoms with van der Waals surface area (Å²) < 4.78 is 5.17. The quantitative estimate of drug-likeness (QED) is 0.206. The zero-order valence-corrected chi connectivity index (χ0v) is 16.0. The van der Waals surface area contributed by atoms with Crippen LogP contribution in [0.15, 0.2) is 12.2 Å². The molecular weight excluding hydrogens is 551 g/mol. The van der Waals surface area contributed by atoms with Crippen LogP contribution in [0.4, 0.5) is 0 Å². The third kappa shape index (κ3) is 29.3. The van der Waals surface area contributed by atoms with E-state index in [1.807, 2.05) is 6.92 Å². The standard InChI is InChI=1S/C6H13OP.3HI.V/c1-4-8-7-5-6(2)3;;;;/h8H,2,4-5H2,1,3H3;3*1H;/q;;;;+3/p-3. The predicted molar refractivity (Wildman–Crippen MR) is 81.7 cm³/mol. The topological polar surface area (TPSA) is 9.23 Å². The maximum absolute atomic E-state index is 5.17. The van der Waals surface area contributed by atoms with Crippen molar-refractivity contribution in [3.05, 3.63) is 12.2 Å². The molecule has 0 saturated carbocycles. The monoisotopic (exact) mass is 564 g/mol. The van der Waals surface area contributed by atoms with E-state index in [9.17, 15) is 0 Å². The van der Waals surface area contributed by atoms with Gasteiger partial charge in [0, 0.05) is 8.81 Å². The molecule has 0 aliphatic carbocycles. The summed E-state index contributed by atoms with van der Waals surface area (Å²) in [6.07, 6.45) is 1.12. The number of halogens is 3. The van der Waals surface area contributed by atoms with Gasteiger partial charge in [0.2, 0.25) is 0 Å². The second-order valence-corrected chi connectivity index (χ2v) is 38.6. The molecule has 1 nitrogen and oxygen atoms in total. The van der Waals surface area contributed by atoms with Crippen molar-refractivity contribution in [1.29, 1.82) is 0 Å². The first-order chi connectivity index (χ1) is 5.50. The van der Waals surface area contributed by atoms with Crippen LogP contribution in [0.5, 0.6) is 0 Å². The van der Waals surface area contributed by atoms with Crippen LogP contribution in [0.2, 0.25) is 0 Å². The number of hydrogen-bond acceptors (Lipinski definition) is 1. The van der Waals surface area contributed by atoms with E-state index in [0.717, 1.165) is 18.3 Å². The van der Waals surface area contributed by atoms with Crippen molar-refractivity contribution in [2.75, 3.05) is 12.8 Å². The van der Waals surface area contributed by atoms with Crippen molar-refractivity contribution in [2.24, 2.45) is 0 Å². The van der Waals surface area contributed by atoms with Gasteiger partial charge >= 0.3 is 64.9 Å². The molecular formula is C6H13I3OPV. The summed E-state index contributed by atoms with van der Waals surface area (Å²) in [4.78, 5) is -0.278. The Morgan fingerprint density at radius 1 is 1.50 bits per heavy atom. The van der Waals surface area contributed by atoms with E-state index in [1.54, 1.807) is 0 Å². The first-order valence-corrected chi connectivity index (χ1v) is 17.9. The Bertz CT molecular complexity index is 110. The van der Waals surface area contributed by atoms with E-state index in [0.29, 0.717) is 8.81 Å². The van der Waals surface area contributed by atoms with Crippen molar-refractivity contribution in [1.82, 2.24) is 0 Å². The van der Waals surface area contributed by atoms with Gasteiger partial charge in [0.25, 0.3) is 0 Å². The van der Waals surface area contributed by atoms with Crippen molar-refractivity contribution >= 4 is 68.7 Å². The van der Waals surface area contributed by atoms with Crippen molar-refractivity contribution in [3.8, 4) is 0 Å². The van der Waals surface area contributed by atoms with Crippen LogP contribution in [0.3, 0.4) is 0 Å². The Hall–Kier alpha value is 2.90. The predicted octanol–water partition coefficient (Wildman–Crippen LogP) is 4.85. The van der Waals surface area contributed by atoms with Gasteiger partial charge in [0.05, 0.1) is 6.61 Å². The van der Waals surface area contributed by atoms with Crippen molar-refractivity contribution in [2.45, 2.75) is 13.8 Å². The van der Waals surface area contributed by atoms with Crippen LogP contribution in [0.1, 0.15) is 13.8 Å². The fourth-order valence-corrected chi connectivity index (χ4v) is 0.829. The minimum absolute atomic E-state index is 0.278. The molecule has 1 atom stereocenters. The molecule has 74 valence electrons. The van der Waals surface area contributed by atoms with Gasteiger partial charge in [-0.25, -0.2) is 0 Å². The van der Waals surface area contributed by atoms with E-state index in [2.05, 4.69) is 73.4 Å². The molecule has 0 rings (SSSR count). The molecule has 0 N–H and O–H groups in total. The van der Waals surface area contributed by atoms with Crippen molar-refractivity contribution in [3.63, 3.8) is 0 Å². The molecule has 0 aromatic carbocycles. The van der Waals surface area contributed by atoms with E-state index in [4.69, 9.17) is 4.52 Å². The summed E-state index contributed by atoms with van der Waals surface area (Å²) >= 11 is 7.39. The maximum atomic E-state index is 5.17. The Morgan fingerprint density at radius 3 is 2.17 bits per heavy atom. The van der Waals surface area contributed by atoms with Crippen LogP contribution in [0.25, 0.3) is 0 Å². The minimum atomic E-state index is -0.278. The van der Waals surface area contributed by atoms with Gasteiger partial charge in [-0.05, 0) is 13.1 Å². The molecule has 12 heavy (non-hydrogen) atoms. The molecule has 0 spiro atoms. The Kier molecular flexibility index (Phi) is 20.1. The third-order valence-corrected chi connectivity index (χ3v) is 1.20. The molecule has 0 aromatic rings. The second kappa shape index (κ2) is 13.9. The first-order valence-electron chi connectivity index (χ1n) is 3.27. The Labute approximate surface area is 115 Å². The van der Waals surface area contributed by atoms with Gasteiger partial charge in [-0.2, -0.15) is 0 Å². The van der Waals surface area contributed by atoms with Crippen molar-refractivity contribution < 1.29 is 9.44 Å². The zero-order chi connectivity index (χ0) is 9.98. The summed E-state index contributed by atoms with van der Waals surface area (Å²) in [6.45, 7) is 8.52. The van der Waals surface area contributed by atoms with Crippen LogP contribution < -0.4 is 0 Å². The van der Waals surface area contributed by atoms with E-state index in [-0.39, 0.29) is 4.92 Å². The van der Waals surface area contributed by atoms with Gasteiger partial charge in [0.1, 0.15) is 0 Å². The van der Waals surface area contributed by atoms with E-state index >= 15 is 0 Å². The molecule has 0 heterocycles. The van der Waals surface area contributed by atoms with Gasteiger partial charge in [-0.1, -0.05) is 19.1 Å². The summed E-state index contributed by atoms with van der Waals surface area (Å²) in [5.74, 6) is 0. The van der Waals surface area contributed by atoms with E-state index < -0.39 is 0 Å². The second-order valence-electron chi connectivity index (χ2n) is 1.94. The van der Waals surface area contributed by atoms with Crippen LogP contribution in [0, 0.1) is 0 Å². The van der Waals surface area contributed by atoms with Crippen LogP contribution in [-0.4, -0.2) is 12.8 Å². The summed E-state index contributed by atoms with van der Waals surface area (Å²) in [6, 6.07) is 0. The molecule has 0 fully saturated rings. The van der Waals surface area contributed by atoms with E-state index in [1.165, 1.54) is 0 Å². The summed E-state index contributed by atoms with van der Waals surface area (Å²) in [7, 11) is 0.647. The number of hydrogen-bond donors (Lipinski definition) is 0. The molecule has 0 amide bonds. The average molecular weight is 564 g/mol.